The van der Waals surface area contributed by atoms with Gasteiger partial charge >= 0.3 is 0 Å². The third kappa shape index (κ3) is 4.92. The summed E-state index contributed by atoms with van der Waals surface area (Å²) in [6, 6.07) is 24.5. The van der Waals surface area contributed by atoms with E-state index in [2.05, 4.69) is 93.4 Å². The number of nitrogens with zero attached hydrogens (tertiary/aromatic N) is 3. The third-order valence-electron chi connectivity index (χ3n) is 7.85. The molecule has 4 aromatic rings. The zero-order chi connectivity index (χ0) is 24.5. The fraction of sp³-hybridized carbons (Fsp3) is 0.355. The maximum atomic E-state index is 10.9. The van der Waals surface area contributed by atoms with Gasteiger partial charge in [-0.2, -0.15) is 0 Å². The summed E-state index contributed by atoms with van der Waals surface area (Å²) in [4.78, 5) is 5.13. The summed E-state index contributed by atoms with van der Waals surface area (Å²) in [6.45, 7) is 3.94. The van der Waals surface area contributed by atoms with E-state index >= 15 is 0 Å². The SMILES string of the molecule is Cn1ccc2cc(OC[C@@H](O)CN3C[C@@H]4C/C=C\C[C@H]3CN4Cc3ccc4ccccc4c3)ccc21. The van der Waals surface area contributed by atoms with Crippen LogP contribution in [0.2, 0.25) is 0 Å². The molecule has 5 heteroatoms. The monoisotopic (exact) mass is 481 g/mol. The largest absolute Gasteiger partial charge is 0.491 e. The number of aryl methyl sites for hydroxylation is 1. The second kappa shape index (κ2) is 10.1. The highest BCUT2D eigenvalue weighted by molar-refractivity contribution is 5.83. The molecule has 0 spiro atoms. The number of aliphatic hydroxyl groups is 1. The van der Waals surface area contributed by atoms with Crippen LogP contribution < -0.4 is 4.74 Å². The Balaban J connectivity index is 1.08. The fourth-order valence-corrected chi connectivity index (χ4v) is 5.88. The van der Waals surface area contributed by atoms with Crippen molar-refractivity contribution in [1.82, 2.24) is 14.4 Å². The smallest absolute Gasteiger partial charge is 0.120 e. The second-order valence-corrected chi connectivity index (χ2v) is 10.4. The van der Waals surface area contributed by atoms with Gasteiger partial charge in [0.1, 0.15) is 18.5 Å². The first kappa shape index (κ1) is 23.3. The number of rotatable bonds is 7. The van der Waals surface area contributed by atoms with Gasteiger partial charge in [0.2, 0.25) is 0 Å². The van der Waals surface area contributed by atoms with Crippen LogP contribution in [0.3, 0.4) is 0 Å². The molecule has 0 aliphatic carbocycles. The zero-order valence-electron chi connectivity index (χ0n) is 21.0. The number of aromatic nitrogens is 1. The molecule has 1 fully saturated rings. The number of fused-ring (bicyclic) bond motifs is 6. The predicted octanol–water partition coefficient (Wildman–Crippen LogP) is 4.98. The van der Waals surface area contributed by atoms with E-state index in [0.717, 1.165) is 43.6 Å². The molecule has 0 saturated carbocycles. The van der Waals surface area contributed by atoms with E-state index in [4.69, 9.17) is 4.74 Å². The summed E-state index contributed by atoms with van der Waals surface area (Å²) < 4.78 is 8.09. The van der Waals surface area contributed by atoms with Crippen molar-refractivity contribution in [2.24, 2.45) is 7.05 Å². The Morgan fingerprint density at radius 2 is 1.64 bits per heavy atom. The molecule has 7 rings (SSSR count). The van der Waals surface area contributed by atoms with Crippen LogP contribution in [0.25, 0.3) is 21.7 Å². The van der Waals surface area contributed by atoms with Crippen molar-refractivity contribution in [3.05, 3.63) is 90.6 Å². The molecule has 1 N–H and O–H groups in total. The van der Waals surface area contributed by atoms with Gasteiger partial charge in [-0.15, -0.1) is 0 Å². The van der Waals surface area contributed by atoms with Gasteiger partial charge in [0.15, 0.2) is 0 Å². The molecule has 0 unspecified atom stereocenters. The first-order valence-electron chi connectivity index (χ1n) is 13.1. The van der Waals surface area contributed by atoms with Crippen LogP contribution in [-0.4, -0.2) is 63.9 Å². The molecule has 2 bridgehead atoms. The maximum Gasteiger partial charge on any atom is 0.120 e. The second-order valence-electron chi connectivity index (χ2n) is 10.4. The lowest BCUT2D eigenvalue weighted by Gasteiger charge is -2.47. The van der Waals surface area contributed by atoms with E-state index in [9.17, 15) is 5.11 Å². The van der Waals surface area contributed by atoms with E-state index in [1.807, 2.05) is 13.1 Å². The van der Waals surface area contributed by atoms with Crippen LogP contribution in [0.4, 0.5) is 0 Å². The summed E-state index contributed by atoms with van der Waals surface area (Å²) in [6.07, 6.45) is 8.29. The van der Waals surface area contributed by atoms with Crippen LogP contribution in [0.5, 0.6) is 5.75 Å². The molecule has 3 aliphatic heterocycles. The first-order chi connectivity index (χ1) is 17.6. The Labute approximate surface area is 213 Å². The van der Waals surface area contributed by atoms with Gasteiger partial charge in [0.05, 0.1) is 0 Å². The molecule has 0 amide bonds. The molecular weight excluding hydrogens is 446 g/mol. The average molecular weight is 482 g/mol. The standard InChI is InChI=1S/C31H35N3O2/c1-32-15-14-26-17-30(12-13-31(26)32)36-22-29(35)21-34-20-27-8-4-5-9-28(34)19-33(27)18-23-10-11-24-6-2-3-7-25(24)16-23/h2-7,10-17,27-29,35H,8-9,18-22H2,1H3/b5-4-/t27-,28-,29-/m0/s1. The van der Waals surface area contributed by atoms with Crippen LogP contribution in [0.1, 0.15) is 18.4 Å². The Hall–Kier alpha value is -3.12. The number of aliphatic hydroxyl groups excluding tert-OH is 1. The van der Waals surface area contributed by atoms with Crippen LogP contribution in [0.15, 0.2) is 85.1 Å². The molecule has 36 heavy (non-hydrogen) atoms. The van der Waals surface area contributed by atoms with E-state index < -0.39 is 6.10 Å². The van der Waals surface area contributed by atoms with Gasteiger partial charge in [-0.1, -0.05) is 48.6 Å². The Kier molecular flexibility index (Phi) is 6.53. The lowest BCUT2D eigenvalue weighted by molar-refractivity contribution is -0.0125. The van der Waals surface area contributed by atoms with Gasteiger partial charge in [-0.05, 0) is 59.5 Å². The number of benzene rings is 3. The molecule has 5 nitrogen and oxygen atoms in total. The average Bonchev–Trinajstić information content (AvgIpc) is 3.24. The van der Waals surface area contributed by atoms with Crippen molar-refractivity contribution in [3.63, 3.8) is 0 Å². The summed E-state index contributed by atoms with van der Waals surface area (Å²) in [7, 11) is 2.04. The van der Waals surface area contributed by atoms with Crippen molar-refractivity contribution in [1.29, 1.82) is 0 Å². The van der Waals surface area contributed by atoms with Gasteiger partial charge in [-0.25, -0.2) is 0 Å². The summed E-state index contributed by atoms with van der Waals surface area (Å²) in [5.41, 5.74) is 2.56. The van der Waals surface area contributed by atoms with Crippen molar-refractivity contribution >= 4 is 21.7 Å². The topological polar surface area (TPSA) is 40.9 Å². The van der Waals surface area contributed by atoms with Crippen molar-refractivity contribution in [3.8, 4) is 5.75 Å². The Bertz CT molecular complexity index is 1380. The van der Waals surface area contributed by atoms with Gasteiger partial charge in [0, 0.05) is 62.4 Å². The lowest BCUT2D eigenvalue weighted by atomic mass is 9.96. The summed E-state index contributed by atoms with van der Waals surface area (Å²) in [5, 5.41) is 14.6. The Morgan fingerprint density at radius 3 is 2.50 bits per heavy atom. The molecule has 1 saturated heterocycles. The molecule has 3 atom stereocenters. The van der Waals surface area contributed by atoms with Crippen molar-refractivity contribution in [2.45, 2.75) is 37.6 Å². The summed E-state index contributed by atoms with van der Waals surface area (Å²) >= 11 is 0. The van der Waals surface area contributed by atoms with Crippen molar-refractivity contribution < 1.29 is 9.84 Å². The van der Waals surface area contributed by atoms with E-state index in [1.165, 1.54) is 21.9 Å². The normalized spacial score (nSPS) is 22.5. The van der Waals surface area contributed by atoms with E-state index in [-0.39, 0.29) is 0 Å². The number of piperazine rings is 1. The Morgan fingerprint density at radius 1 is 0.861 bits per heavy atom. The van der Waals surface area contributed by atoms with E-state index in [1.54, 1.807) is 0 Å². The maximum absolute atomic E-state index is 10.9. The molecule has 1 aromatic heterocycles. The molecule has 3 aromatic carbocycles. The van der Waals surface area contributed by atoms with Gasteiger partial charge in [-0.3, -0.25) is 9.80 Å². The van der Waals surface area contributed by atoms with Crippen molar-refractivity contribution in [2.75, 3.05) is 26.2 Å². The highest BCUT2D eigenvalue weighted by atomic mass is 16.5. The molecule has 0 radical (unpaired) electrons. The number of ether oxygens (including phenoxy) is 1. The minimum atomic E-state index is -0.518. The first-order valence-corrected chi connectivity index (χ1v) is 13.1. The number of hydrogen-bond donors (Lipinski definition) is 1. The van der Waals surface area contributed by atoms with Crippen LogP contribution in [-0.2, 0) is 13.6 Å². The molecule has 186 valence electrons. The van der Waals surface area contributed by atoms with Crippen LogP contribution in [0, 0.1) is 0 Å². The fourth-order valence-electron chi connectivity index (χ4n) is 5.88. The quantitative estimate of drug-likeness (QED) is 0.378. The number of hydrogen-bond acceptors (Lipinski definition) is 4. The van der Waals surface area contributed by atoms with Gasteiger partial charge in [0.25, 0.3) is 0 Å². The lowest BCUT2D eigenvalue weighted by Crippen LogP contribution is -2.59. The van der Waals surface area contributed by atoms with E-state index in [0.29, 0.717) is 25.2 Å². The minimum absolute atomic E-state index is 0.308. The van der Waals surface area contributed by atoms with Gasteiger partial charge < -0.3 is 14.4 Å². The van der Waals surface area contributed by atoms with Crippen LogP contribution >= 0.6 is 0 Å². The predicted molar refractivity (Wildman–Crippen MR) is 146 cm³/mol. The molecular formula is C31H35N3O2. The highest BCUT2D eigenvalue weighted by Crippen LogP contribution is 2.27. The highest BCUT2D eigenvalue weighted by Gasteiger charge is 2.34. The minimum Gasteiger partial charge on any atom is -0.491 e. The zero-order valence-corrected chi connectivity index (χ0v) is 21.0. The summed E-state index contributed by atoms with van der Waals surface area (Å²) in [5.74, 6) is 0.812. The molecule has 3 aliphatic rings. The third-order valence-corrected chi connectivity index (χ3v) is 7.85. The molecule has 4 heterocycles.